The molecule has 1 aliphatic carbocycles. The first-order valence-corrected chi connectivity index (χ1v) is 8.26. The van der Waals surface area contributed by atoms with Crippen molar-refractivity contribution in [2.24, 2.45) is 0 Å². The molecular weight excluding hydrogens is 312 g/mol. The zero-order valence-corrected chi connectivity index (χ0v) is 14.2. The Balaban J connectivity index is 1.94. The molecule has 2 unspecified atom stereocenters. The second kappa shape index (κ2) is 5.77. The quantitative estimate of drug-likeness (QED) is 0.749. The molecular formula is C20H20N4O. The van der Waals surface area contributed by atoms with Gasteiger partial charge in [0, 0.05) is 17.0 Å². The summed E-state index contributed by atoms with van der Waals surface area (Å²) in [7, 11) is 1.67. The molecule has 3 aromatic rings. The predicted molar refractivity (Wildman–Crippen MR) is 99.5 cm³/mol. The Bertz CT molecular complexity index is 937. The monoisotopic (exact) mass is 332 g/mol. The largest absolute Gasteiger partial charge is 0.497 e. The van der Waals surface area contributed by atoms with Gasteiger partial charge in [0.25, 0.3) is 0 Å². The minimum atomic E-state index is 0.138. The van der Waals surface area contributed by atoms with Crippen molar-refractivity contribution in [3.05, 3.63) is 65.2 Å². The van der Waals surface area contributed by atoms with E-state index < -0.39 is 0 Å². The van der Waals surface area contributed by atoms with Crippen LogP contribution >= 0.6 is 0 Å². The second-order valence-corrected chi connectivity index (χ2v) is 6.36. The molecule has 5 heteroatoms. The molecule has 2 aromatic carbocycles. The molecule has 0 saturated carbocycles. The lowest BCUT2D eigenvalue weighted by atomic mass is 9.71. The van der Waals surface area contributed by atoms with E-state index in [0.717, 1.165) is 22.6 Å². The van der Waals surface area contributed by atoms with Crippen LogP contribution in [0.25, 0.3) is 11.3 Å². The number of ether oxygens (including phenoxy) is 1. The SMILES string of the molecule is COc1ccc(C2c3ccccc3-c3nc(N)nc(N)c3C2C)cc1. The molecule has 1 heterocycles. The van der Waals surface area contributed by atoms with Gasteiger partial charge in [-0.3, -0.25) is 0 Å². The van der Waals surface area contributed by atoms with Crippen LogP contribution in [0.2, 0.25) is 0 Å². The fourth-order valence-corrected chi connectivity index (χ4v) is 3.86. The van der Waals surface area contributed by atoms with Crippen LogP contribution in [0.1, 0.15) is 35.4 Å². The number of methoxy groups -OCH3 is 1. The van der Waals surface area contributed by atoms with E-state index in [1.165, 1.54) is 11.1 Å². The number of hydrogen-bond donors (Lipinski definition) is 2. The van der Waals surface area contributed by atoms with Crippen molar-refractivity contribution in [1.82, 2.24) is 9.97 Å². The van der Waals surface area contributed by atoms with Crippen LogP contribution in [0.5, 0.6) is 5.75 Å². The lowest BCUT2D eigenvalue weighted by molar-refractivity contribution is 0.414. The van der Waals surface area contributed by atoms with Gasteiger partial charge in [0.2, 0.25) is 5.95 Å². The van der Waals surface area contributed by atoms with Crippen molar-refractivity contribution in [2.45, 2.75) is 18.8 Å². The first-order valence-electron chi connectivity index (χ1n) is 8.26. The molecule has 1 aromatic heterocycles. The van der Waals surface area contributed by atoms with Crippen LogP contribution in [-0.4, -0.2) is 17.1 Å². The second-order valence-electron chi connectivity index (χ2n) is 6.36. The average molecular weight is 332 g/mol. The van der Waals surface area contributed by atoms with E-state index in [1.807, 2.05) is 18.2 Å². The van der Waals surface area contributed by atoms with Crippen molar-refractivity contribution in [2.75, 3.05) is 18.6 Å². The van der Waals surface area contributed by atoms with Crippen LogP contribution in [-0.2, 0) is 0 Å². The lowest BCUT2D eigenvalue weighted by Gasteiger charge is -2.33. The van der Waals surface area contributed by atoms with Crippen LogP contribution in [0.3, 0.4) is 0 Å². The molecule has 0 radical (unpaired) electrons. The maximum atomic E-state index is 6.22. The van der Waals surface area contributed by atoms with Crippen molar-refractivity contribution in [3.8, 4) is 17.0 Å². The molecule has 4 rings (SSSR count). The Labute approximate surface area is 146 Å². The van der Waals surface area contributed by atoms with Gasteiger partial charge < -0.3 is 16.2 Å². The average Bonchev–Trinajstić information content (AvgIpc) is 2.62. The molecule has 2 atom stereocenters. The summed E-state index contributed by atoms with van der Waals surface area (Å²) in [4.78, 5) is 8.68. The summed E-state index contributed by atoms with van der Waals surface area (Å²) in [5.74, 6) is 1.82. The lowest BCUT2D eigenvalue weighted by Crippen LogP contribution is -2.20. The Morgan fingerprint density at radius 3 is 2.40 bits per heavy atom. The number of hydrogen-bond acceptors (Lipinski definition) is 5. The summed E-state index contributed by atoms with van der Waals surface area (Å²) in [6.07, 6.45) is 0. The van der Waals surface area contributed by atoms with E-state index in [9.17, 15) is 0 Å². The number of nitrogen functional groups attached to an aromatic ring is 2. The molecule has 4 N–H and O–H groups in total. The zero-order chi connectivity index (χ0) is 17.6. The van der Waals surface area contributed by atoms with Crippen molar-refractivity contribution >= 4 is 11.8 Å². The van der Waals surface area contributed by atoms with Gasteiger partial charge in [-0.2, -0.15) is 4.98 Å². The summed E-state index contributed by atoms with van der Waals surface area (Å²) in [6, 6.07) is 16.5. The van der Waals surface area contributed by atoms with E-state index >= 15 is 0 Å². The summed E-state index contributed by atoms with van der Waals surface area (Å²) in [5.41, 5.74) is 17.4. The number of rotatable bonds is 2. The van der Waals surface area contributed by atoms with Crippen molar-refractivity contribution in [3.63, 3.8) is 0 Å². The van der Waals surface area contributed by atoms with E-state index in [-0.39, 0.29) is 17.8 Å². The highest BCUT2D eigenvalue weighted by Crippen LogP contribution is 2.50. The molecule has 0 saturated heterocycles. The number of aromatic nitrogens is 2. The molecule has 0 spiro atoms. The van der Waals surface area contributed by atoms with Crippen LogP contribution in [0.15, 0.2) is 48.5 Å². The first-order chi connectivity index (χ1) is 12.1. The molecule has 126 valence electrons. The number of anilines is 2. The molecule has 1 aliphatic rings. The highest BCUT2D eigenvalue weighted by atomic mass is 16.5. The minimum absolute atomic E-state index is 0.138. The van der Waals surface area contributed by atoms with Gasteiger partial charge in [-0.05, 0) is 29.2 Å². The van der Waals surface area contributed by atoms with Gasteiger partial charge in [-0.1, -0.05) is 43.3 Å². The third-order valence-corrected chi connectivity index (χ3v) is 4.97. The maximum absolute atomic E-state index is 6.22. The highest BCUT2D eigenvalue weighted by molar-refractivity contribution is 5.77. The van der Waals surface area contributed by atoms with Crippen LogP contribution in [0.4, 0.5) is 11.8 Å². The van der Waals surface area contributed by atoms with Crippen LogP contribution < -0.4 is 16.2 Å². The number of nitrogens with zero attached hydrogens (tertiary/aromatic N) is 2. The van der Waals surface area contributed by atoms with Crippen LogP contribution in [0, 0.1) is 0 Å². The Kier molecular flexibility index (Phi) is 3.57. The third-order valence-electron chi connectivity index (χ3n) is 4.97. The van der Waals surface area contributed by atoms with Gasteiger partial charge in [-0.15, -0.1) is 0 Å². The van der Waals surface area contributed by atoms with E-state index in [0.29, 0.717) is 5.82 Å². The fraction of sp³-hybridized carbons (Fsp3) is 0.200. The first kappa shape index (κ1) is 15.4. The Morgan fingerprint density at radius 2 is 1.68 bits per heavy atom. The highest BCUT2D eigenvalue weighted by Gasteiger charge is 2.35. The Hall–Kier alpha value is -3.08. The zero-order valence-electron chi connectivity index (χ0n) is 14.2. The van der Waals surface area contributed by atoms with Gasteiger partial charge in [0.1, 0.15) is 11.6 Å². The third kappa shape index (κ3) is 2.39. The fourth-order valence-electron chi connectivity index (χ4n) is 3.86. The predicted octanol–water partition coefficient (Wildman–Crippen LogP) is 3.57. The normalized spacial score (nSPS) is 18.3. The summed E-state index contributed by atoms with van der Waals surface area (Å²) >= 11 is 0. The van der Waals surface area contributed by atoms with E-state index in [4.69, 9.17) is 16.2 Å². The maximum Gasteiger partial charge on any atom is 0.222 e. The molecule has 5 nitrogen and oxygen atoms in total. The van der Waals surface area contributed by atoms with Gasteiger partial charge in [0.15, 0.2) is 0 Å². The number of fused-ring (bicyclic) bond motifs is 3. The molecule has 0 bridgehead atoms. The standard InChI is InChI=1S/C20H20N4O/c1-11-16(12-7-9-13(25-2)10-8-12)14-5-3-4-6-15(14)18-17(11)19(21)24-20(22)23-18/h3-11,16H,1-2H3,(H4,21,22,23,24). The smallest absolute Gasteiger partial charge is 0.222 e. The molecule has 0 fully saturated rings. The van der Waals surface area contributed by atoms with E-state index in [1.54, 1.807) is 7.11 Å². The summed E-state index contributed by atoms with van der Waals surface area (Å²) < 4.78 is 5.29. The summed E-state index contributed by atoms with van der Waals surface area (Å²) in [5, 5.41) is 0. The van der Waals surface area contributed by atoms with Gasteiger partial charge in [0.05, 0.1) is 12.8 Å². The molecule has 0 aliphatic heterocycles. The molecule has 25 heavy (non-hydrogen) atoms. The molecule has 0 amide bonds. The van der Waals surface area contributed by atoms with Crippen molar-refractivity contribution in [1.29, 1.82) is 0 Å². The topological polar surface area (TPSA) is 87.0 Å². The van der Waals surface area contributed by atoms with E-state index in [2.05, 4.69) is 47.2 Å². The van der Waals surface area contributed by atoms with Gasteiger partial charge >= 0.3 is 0 Å². The summed E-state index contributed by atoms with van der Waals surface area (Å²) in [6.45, 7) is 2.17. The number of nitrogens with two attached hydrogens (primary N) is 2. The van der Waals surface area contributed by atoms with Crippen molar-refractivity contribution < 1.29 is 4.74 Å². The number of benzene rings is 2. The Morgan fingerprint density at radius 1 is 0.960 bits per heavy atom. The minimum Gasteiger partial charge on any atom is -0.497 e. The van der Waals surface area contributed by atoms with Gasteiger partial charge in [-0.25, -0.2) is 4.98 Å².